The summed E-state index contributed by atoms with van der Waals surface area (Å²) in [6.07, 6.45) is 0.124. The number of carbonyl (C=O) groups is 1. The molecule has 0 aliphatic rings. The molecule has 0 spiro atoms. The molecule has 3 N–H and O–H groups in total. The van der Waals surface area contributed by atoms with Gasteiger partial charge in [0.05, 0.1) is 6.10 Å². The van der Waals surface area contributed by atoms with Gasteiger partial charge < -0.3 is 20.6 Å². The Hall–Kier alpha value is -1.34. The van der Waals surface area contributed by atoms with Crippen LogP contribution in [0.5, 0.6) is 0 Å². The molecule has 6 nitrogen and oxygen atoms in total. The number of thiazole rings is 1. The van der Waals surface area contributed by atoms with Crippen LogP contribution >= 0.6 is 11.3 Å². The third-order valence-corrected chi connectivity index (χ3v) is 4.04. The molecule has 1 unspecified atom stereocenters. The Balaban J connectivity index is 2.79. The Bertz CT molecular complexity index is 433. The van der Waals surface area contributed by atoms with E-state index in [1.807, 2.05) is 18.9 Å². The summed E-state index contributed by atoms with van der Waals surface area (Å²) in [5.41, 5.74) is 5.80. The van der Waals surface area contributed by atoms with Crippen molar-refractivity contribution in [2.45, 2.75) is 26.4 Å². The van der Waals surface area contributed by atoms with Crippen LogP contribution in [0.25, 0.3) is 0 Å². The molecule has 0 bridgehead atoms. The average molecular weight is 286 g/mol. The Morgan fingerprint density at radius 1 is 1.53 bits per heavy atom. The summed E-state index contributed by atoms with van der Waals surface area (Å²) in [5.74, 6) is 0.126. The molecule has 1 atom stereocenters. The fourth-order valence-corrected chi connectivity index (χ4v) is 2.43. The van der Waals surface area contributed by atoms with Crippen LogP contribution in [-0.4, -0.2) is 54.2 Å². The van der Waals surface area contributed by atoms with E-state index in [0.717, 1.165) is 11.7 Å². The first-order valence-corrected chi connectivity index (χ1v) is 7.09. The molecule has 0 fully saturated rings. The van der Waals surface area contributed by atoms with Gasteiger partial charge in [-0.15, -0.1) is 0 Å². The lowest BCUT2D eigenvalue weighted by atomic mass is 10.2. The van der Waals surface area contributed by atoms with Gasteiger partial charge in [-0.1, -0.05) is 11.3 Å². The molecule has 0 aromatic carbocycles. The maximum atomic E-state index is 12.2. The van der Waals surface area contributed by atoms with E-state index >= 15 is 0 Å². The molecule has 19 heavy (non-hydrogen) atoms. The number of hydrogen-bond donors (Lipinski definition) is 2. The Morgan fingerprint density at radius 3 is 2.68 bits per heavy atom. The lowest BCUT2D eigenvalue weighted by Gasteiger charge is -2.17. The number of nitrogen functional groups attached to an aromatic ring is 1. The van der Waals surface area contributed by atoms with Crippen LogP contribution in [0.4, 0.5) is 10.9 Å². The van der Waals surface area contributed by atoms with Crippen LogP contribution in [0.15, 0.2) is 0 Å². The van der Waals surface area contributed by atoms with Gasteiger partial charge >= 0.3 is 0 Å². The summed E-state index contributed by atoms with van der Waals surface area (Å²) in [4.78, 5) is 20.4. The average Bonchev–Trinajstić information content (AvgIpc) is 2.76. The van der Waals surface area contributed by atoms with Crippen LogP contribution in [0.1, 0.15) is 29.9 Å². The first-order chi connectivity index (χ1) is 8.86. The third kappa shape index (κ3) is 4.07. The summed E-state index contributed by atoms with van der Waals surface area (Å²) >= 11 is 1.30. The summed E-state index contributed by atoms with van der Waals surface area (Å²) in [7, 11) is 3.61. The second-order valence-corrected chi connectivity index (χ2v) is 5.57. The van der Waals surface area contributed by atoms with Crippen LogP contribution in [-0.2, 0) is 0 Å². The van der Waals surface area contributed by atoms with Gasteiger partial charge in [-0.25, -0.2) is 4.98 Å². The maximum Gasteiger partial charge on any atom is 0.267 e. The number of aromatic nitrogens is 1. The van der Waals surface area contributed by atoms with Crippen molar-refractivity contribution >= 4 is 28.2 Å². The van der Waals surface area contributed by atoms with Crippen molar-refractivity contribution in [3.63, 3.8) is 0 Å². The smallest absolute Gasteiger partial charge is 0.267 e. The topological polar surface area (TPSA) is 82.7 Å². The molecule has 1 aromatic heterocycles. The molecule has 1 amide bonds. The van der Waals surface area contributed by atoms with Crippen molar-refractivity contribution in [1.82, 2.24) is 9.88 Å². The van der Waals surface area contributed by atoms with E-state index in [2.05, 4.69) is 4.98 Å². The molecule has 0 saturated heterocycles. The molecule has 0 radical (unpaired) electrons. The highest BCUT2D eigenvalue weighted by Gasteiger charge is 2.20. The molecular formula is C12H22N4O2S. The van der Waals surface area contributed by atoms with Crippen molar-refractivity contribution in [2.75, 3.05) is 37.8 Å². The van der Waals surface area contributed by atoms with Crippen LogP contribution < -0.4 is 10.6 Å². The molecule has 1 aromatic rings. The van der Waals surface area contributed by atoms with E-state index in [1.165, 1.54) is 11.3 Å². The number of nitrogens with zero attached hydrogens (tertiary/aromatic N) is 3. The van der Waals surface area contributed by atoms with Crippen molar-refractivity contribution in [3.05, 3.63) is 4.88 Å². The normalized spacial score (nSPS) is 12.3. The lowest BCUT2D eigenvalue weighted by molar-refractivity contribution is 0.0774. The minimum absolute atomic E-state index is 0.147. The van der Waals surface area contributed by atoms with Gasteiger partial charge in [0.15, 0.2) is 5.13 Å². The first-order valence-electron chi connectivity index (χ1n) is 6.27. The predicted molar refractivity (Wildman–Crippen MR) is 78.7 cm³/mol. The Morgan fingerprint density at radius 2 is 2.16 bits per heavy atom. The van der Waals surface area contributed by atoms with E-state index in [-0.39, 0.29) is 11.7 Å². The second kappa shape index (κ2) is 6.72. The van der Waals surface area contributed by atoms with Gasteiger partial charge in [0.1, 0.15) is 10.7 Å². The van der Waals surface area contributed by atoms with Crippen molar-refractivity contribution < 1.29 is 9.90 Å². The molecule has 0 aliphatic heterocycles. The summed E-state index contributed by atoms with van der Waals surface area (Å²) < 4.78 is 0. The molecule has 108 valence electrons. The fourth-order valence-electron chi connectivity index (χ4n) is 1.43. The van der Waals surface area contributed by atoms with Gasteiger partial charge in [-0.3, -0.25) is 4.79 Å². The largest absolute Gasteiger partial charge is 0.393 e. The maximum absolute atomic E-state index is 12.2. The third-order valence-electron chi connectivity index (χ3n) is 2.87. The number of aliphatic hydroxyl groups is 1. The van der Waals surface area contributed by atoms with Gasteiger partial charge in [0.25, 0.3) is 5.91 Å². The Kier molecular flexibility index (Phi) is 5.56. The highest BCUT2D eigenvalue weighted by Crippen LogP contribution is 2.28. The van der Waals surface area contributed by atoms with Gasteiger partial charge in [-0.2, -0.15) is 0 Å². The molecule has 1 rings (SSSR count). The number of nitrogens with two attached hydrogens (primary N) is 1. The first kappa shape index (κ1) is 15.7. The molecular weight excluding hydrogens is 264 g/mol. The fraction of sp³-hybridized carbons (Fsp3) is 0.667. The Labute approximate surface area is 117 Å². The summed E-state index contributed by atoms with van der Waals surface area (Å²) in [6, 6.07) is 0. The van der Waals surface area contributed by atoms with Crippen molar-refractivity contribution in [2.24, 2.45) is 0 Å². The zero-order valence-corrected chi connectivity index (χ0v) is 12.7. The van der Waals surface area contributed by atoms with Crippen molar-refractivity contribution in [3.8, 4) is 0 Å². The predicted octanol–water partition coefficient (Wildman–Crippen LogP) is 1.02. The zero-order valence-electron chi connectivity index (χ0n) is 11.9. The lowest BCUT2D eigenvalue weighted by Crippen LogP contribution is -2.29. The summed E-state index contributed by atoms with van der Waals surface area (Å²) in [5, 5.41) is 9.98. The van der Waals surface area contributed by atoms with Gasteiger partial charge in [0.2, 0.25) is 0 Å². The van der Waals surface area contributed by atoms with Crippen LogP contribution in [0, 0.1) is 0 Å². The second-order valence-electron chi connectivity index (χ2n) is 4.59. The zero-order chi connectivity index (χ0) is 14.6. The number of hydrogen-bond acceptors (Lipinski definition) is 6. The monoisotopic (exact) mass is 286 g/mol. The van der Waals surface area contributed by atoms with Crippen LogP contribution in [0.3, 0.4) is 0 Å². The highest BCUT2D eigenvalue weighted by atomic mass is 32.1. The van der Waals surface area contributed by atoms with E-state index in [1.54, 1.807) is 18.9 Å². The molecule has 0 aliphatic carbocycles. The van der Waals surface area contributed by atoms with E-state index in [9.17, 15) is 9.90 Å². The summed E-state index contributed by atoms with van der Waals surface area (Å²) in [6.45, 7) is 5.01. The van der Waals surface area contributed by atoms with Gasteiger partial charge in [0, 0.05) is 27.2 Å². The molecule has 7 heteroatoms. The number of rotatable bonds is 6. The number of aliphatic hydroxyl groups excluding tert-OH is 1. The highest BCUT2D eigenvalue weighted by molar-refractivity contribution is 7.18. The SMILES string of the molecule is CCN(C)c1nc(N)c(C(=O)N(C)CCC(C)O)s1. The molecule has 1 heterocycles. The minimum atomic E-state index is -0.421. The standard InChI is InChI=1S/C12H22N4O2S/c1-5-15(3)12-14-10(13)9(19-12)11(18)16(4)7-6-8(2)17/h8,17H,5-7,13H2,1-4H3. The van der Waals surface area contributed by atoms with Crippen LogP contribution in [0.2, 0.25) is 0 Å². The minimum Gasteiger partial charge on any atom is -0.393 e. The number of carbonyl (C=O) groups excluding carboxylic acids is 1. The van der Waals surface area contributed by atoms with Crippen molar-refractivity contribution in [1.29, 1.82) is 0 Å². The quantitative estimate of drug-likeness (QED) is 0.816. The van der Waals surface area contributed by atoms with E-state index in [0.29, 0.717) is 17.8 Å². The molecule has 0 saturated carbocycles. The van der Waals surface area contributed by atoms with Gasteiger partial charge in [-0.05, 0) is 20.3 Å². The number of anilines is 2. The number of amides is 1. The van der Waals surface area contributed by atoms with E-state index < -0.39 is 6.10 Å². The van der Waals surface area contributed by atoms with E-state index in [4.69, 9.17) is 5.73 Å².